The van der Waals surface area contributed by atoms with Crippen LogP contribution in [0.1, 0.15) is 69.2 Å². The lowest BCUT2D eigenvalue weighted by atomic mass is 10.2. The average molecular weight is 587 g/mol. The molecular formula is C29H54N4O8. The van der Waals surface area contributed by atoms with Gasteiger partial charge in [0.1, 0.15) is 22.8 Å². The Bertz CT molecular complexity index is 830. The van der Waals surface area contributed by atoms with E-state index in [1.807, 2.05) is 81.9 Å². The van der Waals surface area contributed by atoms with Gasteiger partial charge in [-0.05, 0) is 69.2 Å². The van der Waals surface area contributed by atoms with Gasteiger partial charge in [0.05, 0.1) is 19.6 Å². The molecule has 1 rings (SSSR count). The molecule has 1 fully saturated rings. The van der Waals surface area contributed by atoms with Crippen LogP contribution in [-0.2, 0) is 33.4 Å². The molecule has 1 atom stereocenters. The fraction of sp³-hybridized carbons (Fsp3) is 0.862. The standard InChI is InChI=1S/C29H54N4O8/c1-22(26(37)38)33-17-15-31(20-24(35)40-28(5,6)7)13-11-30(19-23(34)39-27(2,3)4)12-14-32(16-18-33)21-25(36)41-29(8,9)10/h22H,11-21H2,1-10H3,(H,37,38)/t22-/m0/s1. The van der Waals surface area contributed by atoms with Crippen molar-refractivity contribution in [3.05, 3.63) is 0 Å². The Morgan fingerprint density at radius 1 is 0.561 bits per heavy atom. The number of hydrogen-bond donors (Lipinski definition) is 1. The van der Waals surface area contributed by atoms with E-state index in [-0.39, 0.29) is 37.5 Å². The normalized spacial score (nSPS) is 19.0. The molecule has 1 heterocycles. The van der Waals surface area contributed by atoms with E-state index in [0.29, 0.717) is 52.4 Å². The first-order chi connectivity index (χ1) is 18.6. The summed E-state index contributed by atoms with van der Waals surface area (Å²) in [5.74, 6) is -2.05. The molecule has 12 heteroatoms. The molecule has 1 N–H and O–H groups in total. The van der Waals surface area contributed by atoms with Crippen LogP contribution in [0.4, 0.5) is 0 Å². The van der Waals surface area contributed by atoms with Crippen LogP contribution in [0.5, 0.6) is 0 Å². The zero-order valence-electron chi connectivity index (χ0n) is 26.9. The summed E-state index contributed by atoms with van der Waals surface area (Å²) in [6.07, 6.45) is 0. The molecular weight excluding hydrogens is 532 g/mol. The monoisotopic (exact) mass is 586 g/mol. The van der Waals surface area contributed by atoms with Gasteiger partial charge in [0.15, 0.2) is 0 Å². The second kappa shape index (κ2) is 15.8. The molecule has 238 valence electrons. The lowest BCUT2D eigenvalue weighted by Gasteiger charge is -2.35. The van der Waals surface area contributed by atoms with Crippen molar-refractivity contribution in [3.8, 4) is 0 Å². The van der Waals surface area contributed by atoms with Gasteiger partial charge in [-0.15, -0.1) is 0 Å². The Morgan fingerprint density at radius 2 is 0.805 bits per heavy atom. The first-order valence-corrected chi connectivity index (χ1v) is 14.4. The second-order valence-corrected chi connectivity index (χ2v) is 13.6. The van der Waals surface area contributed by atoms with Crippen molar-refractivity contribution in [2.24, 2.45) is 0 Å². The van der Waals surface area contributed by atoms with Crippen molar-refractivity contribution in [1.29, 1.82) is 0 Å². The van der Waals surface area contributed by atoms with Gasteiger partial charge >= 0.3 is 23.9 Å². The summed E-state index contributed by atoms with van der Waals surface area (Å²) in [7, 11) is 0. The van der Waals surface area contributed by atoms with Gasteiger partial charge in [-0.1, -0.05) is 0 Å². The first kappa shape index (κ1) is 36.7. The largest absolute Gasteiger partial charge is 0.480 e. The molecule has 0 bridgehead atoms. The lowest BCUT2D eigenvalue weighted by molar-refractivity contribution is -0.158. The van der Waals surface area contributed by atoms with E-state index in [4.69, 9.17) is 14.2 Å². The number of rotatable bonds is 8. The number of hydrogen-bond acceptors (Lipinski definition) is 11. The van der Waals surface area contributed by atoms with Crippen LogP contribution in [0.15, 0.2) is 0 Å². The van der Waals surface area contributed by atoms with E-state index < -0.39 is 28.8 Å². The number of carboxylic acids is 1. The Labute approximate surface area is 246 Å². The third kappa shape index (κ3) is 17.3. The molecule has 1 aliphatic heterocycles. The van der Waals surface area contributed by atoms with Crippen LogP contribution in [0.25, 0.3) is 0 Å². The van der Waals surface area contributed by atoms with Crippen LogP contribution in [0, 0.1) is 0 Å². The van der Waals surface area contributed by atoms with Crippen LogP contribution >= 0.6 is 0 Å². The summed E-state index contributed by atoms with van der Waals surface area (Å²) in [6.45, 7) is 21.5. The zero-order valence-corrected chi connectivity index (χ0v) is 26.9. The van der Waals surface area contributed by atoms with E-state index in [2.05, 4.69) is 0 Å². The van der Waals surface area contributed by atoms with Gasteiger partial charge in [-0.25, -0.2) is 0 Å². The lowest BCUT2D eigenvalue weighted by Crippen LogP contribution is -2.51. The summed E-state index contributed by atoms with van der Waals surface area (Å²) in [4.78, 5) is 57.6. The molecule has 0 saturated carbocycles. The molecule has 0 unspecified atom stereocenters. The van der Waals surface area contributed by atoms with Crippen LogP contribution in [0.3, 0.4) is 0 Å². The molecule has 41 heavy (non-hydrogen) atoms. The minimum absolute atomic E-state index is 0.0393. The minimum atomic E-state index is -0.946. The van der Waals surface area contributed by atoms with Gasteiger partial charge in [0.25, 0.3) is 0 Å². The van der Waals surface area contributed by atoms with E-state index in [9.17, 15) is 24.3 Å². The SMILES string of the molecule is C[C@@H](C(=O)O)N1CCN(CC(=O)OC(C)(C)C)CCN(CC(=O)OC(C)(C)C)CCN(CC(=O)OC(C)(C)C)CC1. The fourth-order valence-electron chi connectivity index (χ4n) is 4.24. The van der Waals surface area contributed by atoms with Gasteiger partial charge in [-0.3, -0.25) is 38.8 Å². The smallest absolute Gasteiger partial charge is 0.320 e. The molecule has 1 aliphatic rings. The Hall–Kier alpha value is -2.28. The van der Waals surface area contributed by atoms with Gasteiger partial charge < -0.3 is 19.3 Å². The summed E-state index contributed by atoms with van der Waals surface area (Å²) in [5, 5.41) is 9.73. The number of ether oxygens (including phenoxy) is 3. The quantitative estimate of drug-likeness (QED) is 0.328. The Morgan fingerprint density at radius 3 is 1.02 bits per heavy atom. The van der Waals surface area contributed by atoms with Crippen molar-refractivity contribution in [2.75, 3.05) is 72.0 Å². The number of esters is 3. The second-order valence-electron chi connectivity index (χ2n) is 13.6. The minimum Gasteiger partial charge on any atom is -0.480 e. The maximum absolute atomic E-state index is 12.7. The fourth-order valence-corrected chi connectivity index (χ4v) is 4.24. The summed E-state index contributed by atoms with van der Waals surface area (Å²) < 4.78 is 16.6. The van der Waals surface area contributed by atoms with E-state index in [1.165, 1.54) is 0 Å². The van der Waals surface area contributed by atoms with Crippen LogP contribution < -0.4 is 0 Å². The van der Waals surface area contributed by atoms with Crippen molar-refractivity contribution in [1.82, 2.24) is 19.6 Å². The highest BCUT2D eigenvalue weighted by Crippen LogP contribution is 2.12. The predicted octanol–water partition coefficient (Wildman–Crippen LogP) is 1.71. The van der Waals surface area contributed by atoms with E-state index >= 15 is 0 Å². The van der Waals surface area contributed by atoms with Crippen molar-refractivity contribution >= 4 is 23.9 Å². The van der Waals surface area contributed by atoms with Crippen LogP contribution in [0.2, 0.25) is 0 Å². The first-order valence-electron chi connectivity index (χ1n) is 14.4. The van der Waals surface area contributed by atoms with Gasteiger partial charge in [0, 0.05) is 52.4 Å². The Balaban J connectivity index is 3.20. The highest BCUT2D eigenvalue weighted by molar-refractivity contribution is 5.73. The molecule has 12 nitrogen and oxygen atoms in total. The maximum Gasteiger partial charge on any atom is 0.320 e. The molecule has 0 spiro atoms. The van der Waals surface area contributed by atoms with Crippen LogP contribution in [-0.4, -0.2) is 143 Å². The summed E-state index contributed by atoms with van der Waals surface area (Å²) in [5.41, 5.74) is -1.89. The number of carbonyl (C=O) groups excluding carboxylic acids is 3. The van der Waals surface area contributed by atoms with Gasteiger partial charge in [-0.2, -0.15) is 0 Å². The summed E-state index contributed by atoms with van der Waals surface area (Å²) in [6, 6.07) is -0.756. The summed E-state index contributed by atoms with van der Waals surface area (Å²) >= 11 is 0. The average Bonchev–Trinajstić information content (AvgIpc) is 2.74. The number of carboxylic acid groups (broad SMARTS) is 1. The number of aliphatic carboxylic acids is 1. The topological polar surface area (TPSA) is 129 Å². The maximum atomic E-state index is 12.7. The molecule has 0 aliphatic carbocycles. The molecule has 0 aromatic carbocycles. The third-order valence-corrected chi connectivity index (χ3v) is 6.10. The van der Waals surface area contributed by atoms with Crippen molar-refractivity contribution in [2.45, 2.75) is 92.1 Å². The zero-order chi connectivity index (χ0) is 31.6. The van der Waals surface area contributed by atoms with E-state index in [0.717, 1.165) is 0 Å². The number of nitrogens with zero attached hydrogens (tertiary/aromatic N) is 4. The van der Waals surface area contributed by atoms with Crippen molar-refractivity contribution in [3.63, 3.8) is 0 Å². The number of carbonyl (C=O) groups is 4. The molecule has 0 radical (unpaired) electrons. The third-order valence-electron chi connectivity index (χ3n) is 6.10. The molecule has 1 saturated heterocycles. The highest BCUT2D eigenvalue weighted by atomic mass is 16.6. The highest BCUT2D eigenvalue weighted by Gasteiger charge is 2.27. The van der Waals surface area contributed by atoms with Crippen molar-refractivity contribution < 1.29 is 38.5 Å². The predicted molar refractivity (Wildman–Crippen MR) is 156 cm³/mol. The molecule has 0 aromatic rings. The molecule has 0 aromatic heterocycles. The van der Waals surface area contributed by atoms with E-state index in [1.54, 1.807) is 6.92 Å². The molecule has 0 amide bonds. The Kier molecular flexibility index (Phi) is 14.2. The van der Waals surface area contributed by atoms with Gasteiger partial charge in [0.2, 0.25) is 0 Å².